The van der Waals surface area contributed by atoms with Crippen LogP contribution < -0.4 is 9.64 Å². The van der Waals surface area contributed by atoms with E-state index in [-0.39, 0.29) is 5.91 Å². The third-order valence-electron chi connectivity index (χ3n) is 4.12. The lowest BCUT2D eigenvalue weighted by Crippen LogP contribution is -2.34. The third kappa shape index (κ3) is 4.39. The Labute approximate surface area is 157 Å². The van der Waals surface area contributed by atoms with Gasteiger partial charge in [0.05, 0.1) is 30.5 Å². The van der Waals surface area contributed by atoms with Crippen LogP contribution in [0.3, 0.4) is 0 Å². The number of carbonyl (C=O) groups is 1. The average Bonchev–Trinajstić information content (AvgIpc) is 3.10. The van der Waals surface area contributed by atoms with E-state index in [0.717, 1.165) is 26.7 Å². The maximum absolute atomic E-state index is 12.8. The second-order valence-corrected chi connectivity index (χ2v) is 6.86. The number of para-hydroxylation sites is 1. The standard InChI is InChI=1S/C20H22N2O3S/c1-24-14-13-22(20-21-17-5-3-4-6-18(17)26-20)19(23)12-9-15-7-10-16(25-2)11-8-15/h3-8,10-11H,9,12-14H2,1-2H3. The van der Waals surface area contributed by atoms with Gasteiger partial charge in [-0.1, -0.05) is 35.6 Å². The zero-order valence-electron chi connectivity index (χ0n) is 15.0. The molecule has 0 aliphatic heterocycles. The molecule has 3 aromatic rings. The highest BCUT2D eigenvalue weighted by Crippen LogP contribution is 2.29. The number of benzene rings is 2. The predicted octanol–water partition coefficient (Wildman–Crippen LogP) is 3.92. The Kier molecular flexibility index (Phi) is 6.20. The van der Waals surface area contributed by atoms with Crippen LogP contribution in [0.25, 0.3) is 10.2 Å². The SMILES string of the molecule is COCCN(C(=O)CCc1ccc(OC)cc1)c1nc2ccccc2s1. The Hall–Kier alpha value is -2.44. The van der Waals surface area contributed by atoms with Crippen molar-refractivity contribution in [3.63, 3.8) is 0 Å². The van der Waals surface area contributed by atoms with Crippen LogP contribution in [-0.2, 0) is 16.0 Å². The molecular weight excluding hydrogens is 348 g/mol. The van der Waals surface area contributed by atoms with Crippen LogP contribution in [-0.4, -0.2) is 38.3 Å². The van der Waals surface area contributed by atoms with Crippen molar-refractivity contribution in [3.8, 4) is 5.75 Å². The number of carbonyl (C=O) groups excluding carboxylic acids is 1. The van der Waals surface area contributed by atoms with Crippen molar-refractivity contribution >= 4 is 32.6 Å². The maximum atomic E-state index is 12.8. The van der Waals surface area contributed by atoms with E-state index >= 15 is 0 Å². The first kappa shape index (κ1) is 18.4. The lowest BCUT2D eigenvalue weighted by molar-refractivity contribution is -0.118. The monoisotopic (exact) mass is 370 g/mol. The average molecular weight is 370 g/mol. The molecule has 0 aliphatic rings. The van der Waals surface area contributed by atoms with Crippen molar-refractivity contribution < 1.29 is 14.3 Å². The van der Waals surface area contributed by atoms with E-state index in [1.807, 2.05) is 48.5 Å². The Morgan fingerprint density at radius 2 is 1.88 bits per heavy atom. The quantitative estimate of drug-likeness (QED) is 0.603. The van der Waals surface area contributed by atoms with Gasteiger partial charge in [-0.05, 0) is 36.2 Å². The lowest BCUT2D eigenvalue weighted by atomic mass is 10.1. The van der Waals surface area contributed by atoms with Crippen molar-refractivity contribution in [2.75, 3.05) is 32.3 Å². The summed E-state index contributed by atoms with van der Waals surface area (Å²) in [5, 5.41) is 0.725. The summed E-state index contributed by atoms with van der Waals surface area (Å²) < 4.78 is 11.4. The minimum atomic E-state index is 0.0527. The molecule has 2 aromatic carbocycles. The van der Waals surface area contributed by atoms with E-state index in [4.69, 9.17) is 9.47 Å². The topological polar surface area (TPSA) is 51.7 Å². The molecule has 1 heterocycles. The van der Waals surface area contributed by atoms with Crippen LogP contribution in [0, 0.1) is 0 Å². The third-order valence-corrected chi connectivity index (χ3v) is 5.18. The Morgan fingerprint density at radius 1 is 1.12 bits per heavy atom. The van der Waals surface area contributed by atoms with E-state index in [9.17, 15) is 4.79 Å². The van der Waals surface area contributed by atoms with Gasteiger partial charge >= 0.3 is 0 Å². The molecule has 0 bridgehead atoms. The lowest BCUT2D eigenvalue weighted by Gasteiger charge is -2.19. The number of aromatic nitrogens is 1. The number of methoxy groups -OCH3 is 2. The molecule has 0 unspecified atom stereocenters. The van der Waals surface area contributed by atoms with Crippen molar-refractivity contribution in [2.45, 2.75) is 12.8 Å². The number of hydrogen-bond donors (Lipinski definition) is 0. The number of rotatable bonds is 8. The molecular formula is C20H22N2O3S. The number of thiazole rings is 1. The summed E-state index contributed by atoms with van der Waals surface area (Å²) in [7, 11) is 3.28. The Bertz CT molecular complexity index is 828. The van der Waals surface area contributed by atoms with Gasteiger partial charge in [0.2, 0.25) is 5.91 Å². The van der Waals surface area contributed by atoms with Gasteiger partial charge in [-0.25, -0.2) is 4.98 Å². The molecule has 6 heteroatoms. The van der Waals surface area contributed by atoms with Crippen molar-refractivity contribution in [1.29, 1.82) is 0 Å². The normalized spacial score (nSPS) is 10.8. The van der Waals surface area contributed by atoms with Gasteiger partial charge in [-0.15, -0.1) is 0 Å². The molecule has 0 fully saturated rings. The molecule has 0 atom stereocenters. The molecule has 0 aliphatic carbocycles. The molecule has 1 amide bonds. The van der Waals surface area contributed by atoms with Crippen LogP contribution in [0.5, 0.6) is 5.75 Å². The van der Waals surface area contributed by atoms with E-state index in [1.54, 1.807) is 19.1 Å². The maximum Gasteiger partial charge on any atom is 0.229 e. The first-order valence-corrected chi connectivity index (χ1v) is 9.30. The molecule has 26 heavy (non-hydrogen) atoms. The minimum Gasteiger partial charge on any atom is -0.497 e. The van der Waals surface area contributed by atoms with E-state index in [2.05, 4.69) is 4.98 Å². The smallest absolute Gasteiger partial charge is 0.229 e. The van der Waals surface area contributed by atoms with Crippen molar-refractivity contribution in [3.05, 3.63) is 54.1 Å². The molecule has 0 N–H and O–H groups in total. The number of aryl methyl sites for hydroxylation is 1. The number of amides is 1. The minimum absolute atomic E-state index is 0.0527. The highest BCUT2D eigenvalue weighted by atomic mass is 32.1. The number of anilines is 1. The molecule has 0 spiro atoms. The van der Waals surface area contributed by atoms with Gasteiger partial charge in [0.15, 0.2) is 5.13 Å². The highest BCUT2D eigenvalue weighted by molar-refractivity contribution is 7.22. The molecule has 0 saturated heterocycles. The van der Waals surface area contributed by atoms with Gasteiger partial charge in [-0.2, -0.15) is 0 Å². The zero-order chi connectivity index (χ0) is 18.4. The fraction of sp³-hybridized carbons (Fsp3) is 0.300. The fourth-order valence-corrected chi connectivity index (χ4v) is 3.67. The first-order valence-electron chi connectivity index (χ1n) is 8.49. The van der Waals surface area contributed by atoms with E-state index in [1.165, 1.54) is 11.3 Å². The van der Waals surface area contributed by atoms with E-state index in [0.29, 0.717) is 26.0 Å². The second-order valence-electron chi connectivity index (χ2n) is 5.85. The molecule has 136 valence electrons. The zero-order valence-corrected chi connectivity index (χ0v) is 15.8. The van der Waals surface area contributed by atoms with Gasteiger partial charge in [-0.3, -0.25) is 9.69 Å². The number of hydrogen-bond acceptors (Lipinski definition) is 5. The highest BCUT2D eigenvalue weighted by Gasteiger charge is 2.19. The van der Waals surface area contributed by atoms with Gasteiger partial charge < -0.3 is 9.47 Å². The number of ether oxygens (including phenoxy) is 2. The van der Waals surface area contributed by atoms with Crippen LogP contribution in [0.15, 0.2) is 48.5 Å². The Morgan fingerprint density at radius 3 is 2.58 bits per heavy atom. The van der Waals surface area contributed by atoms with Gasteiger partial charge in [0.25, 0.3) is 0 Å². The summed E-state index contributed by atoms with van der Waals surface area (Å²) >= 11 is 1.53. The van der Waals surface area contributed by atoms with Gasteiger partial charge in [0.1, 0.15) is 5.75 Å². The first-order chi connectivity index (χ1) is 12.7. The Balaban J connectivity index is 1.72. The van der Waals surface area contributed by atoms with Crippen LogP contribution >= 0.6 is 11.3 Å². The molecule has 0 radical (unpaired) electrons. The molecule has 3 rings (SSSR count). The predicted molar refractivity (Wildman–Crippen MR) is 105 cm³/mol. The molecule has 0 saturated carbocycles. The van der Waals surface area contributed by atoms with Crippen molar-refractivity contribution in [2.24, 2.45) is 0 Å². The molecule has 1 aromatic heterocycles. The van der Waals surface area contributed by atoms with E-state index < -0.39 is 0 Å². The summed E-state index contributed by atoms with van der Waals surface area (Å²) in [6.45, 7) is 0.974. The summed E-state index contributed by atoms with van der Waals surface area (Å²) in [5.74, 6) is 0.869. The summed E-state index contributed by atoms with van der Waals surface area (Å²) in [5.41, 5.74) is 2.02. The molecule has 5 nitrogen and oxygen atoms in total. The summed E-state index contributed by atoms with van der Waals surface area (Å²) in [4.78, 5) is 19.2. The van der Waals surface area contributed by atoms with Gasteiger partial charge in [0, 0.05) is 13.5 Å². The number of nitrogens with zero attached hydrogens (tertiary/aromatic N) is 2. The van der Waals surface area contributed by atoms with Crippen LogP contribution in [0.1, 0.15) is 12.0 Å². The second kappa shape index (κ2) is 8.78. The van der Waals surface area contributed by atoms with Crippen LogP contribution in [0.4, 0.5) is 5.13 Å². The summed E-state index contributed by atoms with van der Waals surface area (Å²) in [6.07, 6.45) is 1.10. The fourth-order valence-electron chi connectivity index (χ4n) is 2.66. The largest absolute Gasteiger partial charge is 0.497 e. The van der Waals surface area contributed by atoms with Crippen molar-refractivity contribution in [1.82, 2.24) is 4.98 Å². The summed E-state index contributed by atoms with van der Waals surface area (Å²) in [6, 6.07) is 15.7. The number of fused-ring (bicyclic) bond motifs is 1. The van der Waals surface area contributed by atoms with Crippen LogP contribution in [0.2, 0.25) is 0 Å².